The van der Waals surface area contributed by atoms with Crippen LogP contribution in [0.15, 0.2) is 41.3 Å². The molecule has 1 amide bonds. The lowest BCUT2D eigenvalue weighted by atomic mass is 10.1. The second kappa shape index (κ2) is 8.75. The molecule has 0 aliphatic carbocycles. The first-order chi connectivity index (χ1) is 13.9. The van der Waals surface area contributed by atoms with Crippen LogP contribution in [0.2, 0.25) is 0 Å². The molecule has 0 aromatic heterocycles. The molecule has 8 heteroatoms. The van der Waals surface area contributed by atoms with Crippen molar-refractivity contribution in [3.63, 3.8) is 0 Å². The van der Waals surface area contributed by atoms with E-state index in [1.807, 2.05) is 43.3 Å². The molecule has 0 unspecified atom stereocenters. The number of carbonyl (C=O) groups excluding carboxylic acids is 1. The molecule has 1 fully saturated rings. The summed E-state index contributed by atoms with van der Waals surface area (Å²) in [4.78, 5) is 17.1. The molecule has 0 bridgehead atoms. The average molecular weight is 431 g/mol. The Morgan fingerprint density at radius 3 is 2.07 bits per heavy atom. The third-order valence-corrected chi connectivity index (χ3v) is 5.70. The molecule has 152 valence electrons. The predicted octanol–water partition coefficient (Wildman–Crippen LogP) is 4.18. The van der Waals surface area contributed by atoms with Gasteiger partial charge in [0.2, 0.25) is 5.75 Å². The molecule has 1 aliphatic heterocycles. The first-order valence-corrected chi connectivity index (χ1v) is 9.97. The van der Waals surface area contributed by atoms with E-state index >= 15 is 0 Å². The van der Waals surface area contributed by atoms with E-state index in [2.05, 4.69) is 0 Å². The van der Waals surface area contributed by atoms with Gasteiger partial charge in [0.1, 0.15) is 0 Å². The van der Waals surface area contributed by atoms with Crippen molar-refractivity contribution in [2.45, 2.75) is 0 Å². The van der Waals surface area contributed by atoms with Crippen molar-refractivity contribution in [1.82, 2.24) is 0 Å². The van der Waals surface area contributed by atoms with Crippen molar-refractivity contribution in [3.8, 4) is 17.2 Å². The lowest BCUT2D eigenvalue weighted by molar-refractivity contribution is -0.113. The number of benzene rings is 2. The third-order valence-electron chi connectivity index (χ3n) is 4.40. The molecule has 1 heterocycles. The van der Waals surface area contributed by atoms with E-state index in [0.29, 0.717) is 26.5 Å². The van der Waals surface area contributed by atoms with Crippen molar-refractivity contribution >= 4 is 51.7 Å². The van der Waals surface area contributed by atoms with Gasteiger partial charge in [-0.2, -0.15) is 0 Å². The van der Waals surface area contributed by atoms with E-state index in [-0.39, 0.29) is 5.91 Å². The zero-order valence-corrected chi connectivity index (χ0v) is 18.5. The van der Waals surface area contributed by atoms with Gasteiger partial charge in [-0.1, -0.05) is 24.0 Å². The summed E-state index contributed by atoms with van der Waals surface area (Å²) in [7, 11) is 8.59. The fourth-order valence-corrected chi connectivity index (χ4v) is 4.23. The SMILES string of the molecule is COc1cc(/C=C2/SC(=S)N(c3ccc(N(C)C)cc3)C2=O)cc(OC)c1OC. The van der Waals surface area contributed by atoms with Crippen molar-refractivity contribution < 1.29 is 19.0 Å². The lowest BCUT2D eigenvalue weighted by Gasteiger charge is -2.17. The minimum Gasteiger partial charge on any atom is -0.493 e. The smallest absolute Gasteiger partial charge is 0.270 e. The van der Waals surface area contributed by atoms with Gasteiger partial charge in [0.15, 0.2) is 15.8 Å². The standard InChI is InChI=1S/C21H22N2O4S2/c1-22(2)14-6-8-15(9-7-14)23-20(24)18(29-21(23)28)12-13-10-16(25-3)19(27-5)17(11-13)26-4/h6-12H,1-5H3/b18-12+. The molecule has 2 aromatic rings. The maximum absolute atomic E-state index is 13.0. The number of thioether (sulfide) groups is 1. The summed E-state index contributed by atoms with van der Waals surface area (Å²) in [5.41, 5.74) is 2.54. The molecular weight excluding hydrogens is 408 g/mol. The van der Waals surface area contributed by atoms with Crippen LogP contribution < -0.4 is 24.0 Å². The summed E-state index contributed by atoms with van der Waals surface area (Å²) in [5, 5.41) is 0. The summed E-state index contributed by atoms with van der Waals surface area (Å²) >= 11 is 6.73. The van der Waals surface area contributed by atoms with Gasteiger partial charge in [0.05, 0.1) is 31.9 Å². The molecular formula is C21H22N2O4S2. The number of thiocarbonyl (C=S) groups is 1. The van der Waals surface area contributed by atoms with E-state index in [0.717, 1.165) is 16.9 Å². The molecule has 0 spiro atoms. The van der Waals surface area contributed by atoms with Gasteiger partial charge in [-0.15, -0.1) is 0 Å². The van der Waals surface area contributed by atoms with Crippen LogP contribution in [-0.2, 0) is 4.79 Å². The largest absolute Gasteiger partial charge is 0.493 e. The number of hydrogen-bond acceptors (Lipinski definition) is 7. The Morgan fingerprint density at radius 1 is 1.00 bits per heavy atom. The third kappa shape index (κ3) is 4.18. The number of hydrogen-bond donors (Lipinski definition) is 0. The van der Waals surface area contributed by atoms with E-state index in [9.17, 15) is 4.79 Å². The molecule has 0 saturated carbocycles. The van der Waals surface area contributed by atoms with Gasteiger partial charge in [-0.25, -0.2) is 0 Å². The minimum atomic E-state index is -0.161. The minimum absolute atomic E-state index is 0.161. The number of rotatable bonds is 6. The van der Waals surface area contributed by atoms with E-state index in [1.54, 1.807) is 44.4 Å². The zero-order valence-electron chi connectivity index (χ0n) is 16.9. The summed E-state index contributed by atoms with van der Waals surface area (Å²) in [5.74, 6) is 1.38. The Labute approximate surface area is 180 Å². The maximum atomic E-state index is 13.0. The highest BCUT2D eigenvalue weighted by atomic mass is 32.2. The van der Waals surface area contributed by atoms with Gasteiger partial charge in [0, 0.05) is 19.8 Å². The molecule has 0 atom stereocenters. The van der Waals surface area contributed by atoms with Crippen LogP contribution in [0.5, 0.6) is 17.2 Å². The maximum Gasteiger partial charge on any atom is 0.270 e. The topological polar surface area (TPSA) is 51.2 Å². The van der Waals surface area contributed by atoms with Crippen LogP contribution in [0.4, 0.5) is 11.4 Å². The predicted molar refractivity (Wildman–Crippen MR) is 123 cm³/mol. The number of nitrogens with zero attached hydrogens (tertiary/aromatic N) is 2. The fraction of sp³-hybridized carbons (Fsp3) is 0.238. The van der Waals surface area contributed by atoms with Gasteiger partial charge < -0.3 is 19.1 Å². The quantitative estimate of drug-likeness (QED) is 0.503. The summed E-state index contributed by atoms with van der Waals surface area (Å²) in [6, 6.07) is 11.3. The molecule has 1 saturated heterocycles. The Hall–Kier alpha value is -2.71. The Morgan fingerprint density at radius 2 is 1.59 bits per heavy atom. The van der Waals surface area contributed by atoms with Gasteiger partial charge in [-0.3, -0.25) is 9.69 Å². The summed E-state index contributed by atoms with van der Waals surface area (Å²) in [6.45, 7) is 0. The molecule has 6 nitrogen and oxygen atoms in total. The average Bonchev–Trinajstić information content (AvgIpc) is 3.00. The summed E-state index contributed by atoms with van der Waals surface area (Å²) < 4.78 is 16.6. The van der Waals surface area contributed by atoms with Crippen molar-refractivity contribution in [1.29, 1.82) is 0 Å². The molecule has 29 heavy (non-hydrogen) atoms. The second-order valence-corrected chi connectivity index (χ2v) is 8.06. The molecule has 2 aromatic carbocycles. The number of methoxy groups -OCH3 is 3. The number of ether oxygens (including phenoxy) is 3. The second-order valence-electron chi connectivity index (χ2n) is 6.39. The van der Waals surface area contributed by atoms with Crippen LogP contribution in [0.3, 0.4) is 0 Å². The molecule has 3 rings (SSSR count). The van der Waals surface area contributed by atoms with Gasteiger partial charge in [0.25, 0.3) is 5.91 Å². The molecule has 0 radical (unpaired) electrons. The lowest BCUT2D eigenvalue weighted by Crippen LogP contribution is -2.27. The van der Waals surface area contributed by atoms with Crippen LogP contribution in [-0.4, -0.2) is 45.7 Å². The highest BCUT2D eigenvalue weighted by Gasteiger charge is 2.33. The number of carbonyl (C=O) groups is 1. The first-order valence-electron chi connectivity index (χ1n) is 8.75. The van der Waals surface area contributed by atoms with Crippen LogP contribution in [0.1, 0.15) is 5.56 Å². The van der Waals surface area contributed by atoms with E-state index in [4.69, 9.17) is 26.4 Å². The molecule has 1 aliphatic rings. The van der Waals surface area contributed by atoms with Crippen molar-refractivity contribution in [3.05, 3.63) is 46.9 Å². The zero-order chi connectivity index (χ0) is 21.1. The van der Waals surface area contributed by atoms with Crippen LogP contribution in [0.25, 0.3) is 6.08 Å². The van der Waals surface area contributed by atoms with Crippen molar-refractivity contribution in [2.75, 3.05) is 45.2 Å². The fourth-order valence-electron chi connectivity index (χ4n) is 2.93. The van der Waals surface area contributed by atoms with Crippen molar-refractivity contribution in [2.24, 2.45) is 0 Å². The Bertz CT molecular complexity index is 946. The van der Waals surface area contributed by atoms with E-state index < -0.39 is 0 Å². The normalized spacial score (nSPS) is 15.1. The highest BCUT2D eigenvalue weighted by Crippen LogP contribution is 2.41. The Kier molecular flexibility index (Phi) is 6.34. The van der Waals surface area contributed by atoms with E-state index in [1.165, 1.54) is 11.8 Å². The van der Waals surface area contributed by atoms with Crippen LogP contribution in [0, 0.1) is 0 Å². The first kappa shape index (κ1) is 21.0. The van der Waals surface area contributed by atoms with Gasteiger partial charge in [-0.05, 0) is 48.0 Å². The highest BCUT2D eigenvalue weighted by molar-refractivity contribution is 8.27. The number of anilines is 2. The molecule has 0 N–H and O–H groups in total. The number of amides is 1. The Balaban J connectivity index is 1.94. The van der Waals surface area contributed by atoms with Gasteiger partial charge >= 0.3 is 0 Å². The summed E-state index contributed by atoms with van der Waals surface area (Å²) in [6.07, 6.45) is 1.78. The van der Waals surface area contributed by atoms with Crippen LogP contribution >= 0.6 is 24.0 Å². The monoisotopic (exact) mass is 430 g/mol.